The normalized spacial score (nSPS) is 13.0. The first-order chi connectivity index (χ1) is 10.8. The monoisotopic (exact) mass is 337 g/mol. The van der Waals surface area contributed by atoms with Crippen LogP contribution in [0.25, 0.3) is 0 Å². The maximum absolute atomic E-state index is 12.1. The van der Waals surface area contributed by atoms with Gasteiger partial charge >= 0.3 is 5.97 Å². The van der Waals surface area contributed by atoms with Crippen molar-refractivity contribution in [2.45, 2.75) is 31.2 Å². The van der Waals surface area contributed by atoms with Crippen molar-refractivity contribution in [3.05, 3.63) is 36.0 Å². The number of carbonyl (C=O) groups is 1. The van der Waals surface area contributed by atoms with E-state index in [1.807, 2.05) is 6.92 Å². The zero-order chi connectivity index (χ0) is 17.5. The molecule has 23 heavy (non-hydrogen) atoms. The van der Waals surface area contributed by atoms with Gasteiger partial charge in [-0.3, -0.25) is 0 Å². The van der Waals surface area contributed by atoms with Gasteiger partial charge in [-0.15, -0.1) is 0 Å². The second kappa shape index (κ2) is 8.31. The van der Waals surface area contributed by atoms with Crippen LogP contribution in [0, 0.1) is 11.3 Å². The molecule has 0 bridgehead atoms. The first kappa shape index (κ1) is 18.7. The lowest BCUT2D eigenvalue weighted by molar-refractivity contribution is -0.135. The van der Waals surface area contributed by atoms with E-state index < -0.39 is 16.0 Å². The average molecular weight is 337 g/mol. The van der Waals surface area contributed by atoms with Crippen molar-refractivity contribution in [1.82, 2.24) is 4.72 Å². The summed E-state index contributed by atoms with van der Waals surface area (Å²) in [6.45, 7) is 3.68. The number of nitrogens with one attached hydrogen (secondary N) is 2. The van der Waals surface area contributed by atoms with Crippen molar-refractivity contribution in [1.29, 1.82) is 5.26 Å². The Labute approximate surface area is 136 Å². The van der Waals surface area contributed by atoms with Crippen LogP contribution in [0.3, 0.4) is 0 Å². The summed E-state index contributed by atoms with van der Waals surface area (Å²) in [6, 6.07) is 7.49. The predicted molar refractivity (Wildman–Crippen MR) is 85.9 cm³/mol. The van der Waals surface area contributed by atoms with Crippen LogP contribution in [0.15, 0.2) is 40.9 Å². The molecule has 124 valence electrons. The molecule has 1 unspecified atom stereocenters. The molecule has 1 rings (SSSR count). The summed E-state index contributed by atoms with van der Waals surface area (Å²) in [5, 5.41) is 11.6. The van der Waals surface area contributed by atoms with E-state index in [0.717, 1.165) is 0 Å². The highest BCUT2D eigenvalue weighted by molar-refractivity contribution is 7.89. The highest BCUT2D eigenvalue weighted by Gasteiger charge is 2.16. The van der Waals surface area contributed by atoms with E-state index in [9.17, 15) is 13.2 Å². The van der Waals surface area contributed by atoms with Gasteiger partial charge in [0.15, 0.2) is 5.57 Å². The molecule has 0 spiro atoms. The molecule has 0 fully saturated rings. The summed E-state index contributed by atoms with van der Waals surface area (Å²) in [5.74, 6) is -0.753. The molecule has 1 aromatic rings. The number of carbonyl (C=O) groups excluding carboxylic acids is 1. The number of nitriles is 1. The van der Waals surface area contributed by atoms with Crippen LogP contribution < -0.4 is 10.0 Å². The zero-order valence-electron chi connectivity index (χ0n) is 13.2. The lowest BCUT2D eigenvalue weighted by Crippen LogP contribution is -2.31. The van der Waals surface area contributed by atoms with Crippen molar-refractivity contribution in [3.8, 4) is 6.07 Å². The van der Waals surface area contributed by atoms with Crippen LogP contribution in [0.1, 0.15) is 20.3 Å². The van der Waals surface area contributed by atoms with E-state index in [0.29, 0.717) is 12.1 Å². The minimum Gasteiger partial charge on any atom is -0.465 e. The maximum atomic E-state index is 12.1. The van der Waals surface area contributed by atoms with Crippen LogP contribution in [-0.4, -0.2) is 27.5 Å². The molecule has 0 aliphatic rings. The maximum Gasteiger partial charge on any atom is 0.350 e. The van der Waals surface area contributed by atoms with Gasteiger partial charge in [-0.25, -0.2) is 17.9 Å². The molecule has 8 heteroatoms. The molecule has 0 saturated carbocycles. The lowest BCUT2D eigenvalue weighted by Gasteiger charge is -2.12. The molecule has 0 aliphatic heterocycles. The number of benzene rings is 1. The molecule has 0 heterocycles. The third-order valence-corrected chi connectivity index (χ3v) is 4.65. The fourth-order valence-corrected chi connectivity index (χ4v) is 2.88. The molecule has 2 N–H and O–H groups in total. The van der Waals surface area contributed by atoms with E-state index in [1.54, 1.807) is 13.0 Å². The SMILES string of the molecule is CCC(C)NS(=O)(=O)c1ccc(N/C=C(\C#N)C(=O)OC)cc1. The van der Waals surface area contributed by atoms with Crippen LogP contribution in [0.5, 0.6) is 0 Å². The number of anilines is 1. The Balaban J connectivity index is 2.87. The van der Waals surface area contributed by atoms with E-state index in [-0.39, 0.29) is 16.5 Å². The summed E-state index contributed by atoms with van der Waals surface area (Å²) in [7, 11) is -2.38. The molecule has 7 nitrogen and oxygen atoms in total. The molecular weight excluding hydrogens is 318 g/mol. The topological polar surface area (TPSA) is 108 Å². The van der Waals surface area contributed by atoms with Crippen LogP contribution in [-0.2, 0) is 19.6 Å². The summed E-state index contributed by atoms with van der Waals surface area (Å²) < 4.78 is 31.2. The number of methoxy groups -OCH3 is 1. The number of esters is 1. The smallest absolute Gasteiger partial charge is 0.350 e. The molecule has 0 radical (unpaired) electrons. The number of hydrogen-bond donors (Lipinski definition) is 2. The van der Waals surface area contributed by atoms with Gasteiger partial charge in [0, 0.05) is 17.9 Å². The number of nitrogens with zero attached hydrogens (tertiary/aromatic N) is 1. The van der Waals surface area contributed by atoms with E-state index in [1.165, 1.54) is 37.6 Å². The fourth-order valence-electron chi connectivity index (χ4n) is 1.55. The van der Waals surface area contributed by atoms with Crippen molar-refractivity contribution >= 4 is 21.7 Å². The Morgan fingerprint density at radius 2 is 2.00 bits per heavy atom. The van der Waals surface area contributed by atoms with Crippen molar-refractivity contribution in [3.63, 3.8) is 0 Å². The predicted octanol–water partition coefficient (Wildman–Crippen LogP) is 1.76. The quantitative estimate of drug-likeness (QED) is 0.446. The van der Waals surface area contributed by atoms with Gasteiger partial charge in [0.2, 0.25) is 10.0 Å². The van der Waals surface area contributed by atoms with E-state index in [4.69, 9.17) is 5.26 Å². The Kier molecular flexibility index (Phi) is 6.75. The molecule has 1 aromatic carbocycles. The zero-order valence-corrected chi connectivity index (χ0v) is 14.0. The fraction of sp³-hybridized carbons (Fsp3) is 0.333. The Morgan fingerprint density at radius 1 is 1.39 bits per heavy atom. The van der Waals surface area contributed by atoms with Crippen LogP contribution >= 0.6 is 0 Å². The minimum atomic E-state index is -3.56. The van der Waals surface area contributed by atoms with Crippen molar-refractivity contribution < 1.29 is 17.9 Å². The molecule has 0 aliphatic carbocycles. The molecule has 0 amide bonds. The average Bonchev–Trinajstić information content (AvgIpc) is 2.55. The summed E-state index contributed by atoms with van der Waals surface area (Å²) >= 11 is 0. The van der Waals surface area contributed by atoms with Gasteiger partial charge in [0.1, 0.15) is 6.07 Å². The summed E-state index contributed by atoms with van der Waals surface area (Å²) in [5.41, 5.74) is 0.340. The number of ether oxygens (including phenoxy) is 1. The number of rotatable bonds is 7. The van der Waals surface area contributed by atoms with Crippen LogP contribution in [0.2, 0.25) is 0 Å². The largest absolute Gasteiger partial charge is 0.465 e. The van der Waals surface area contributed by atoms with Crippen molar-refractivity contribution in [2.24, 2.45) is 0 Å². The Hall–Kier alpha value is -2.37. The van der Waals surface area contributed by atoms with Gasteiger partial charge in [-0.1, -0.05) is 6.92 Å². The summed E-state index contributed by atoms with van der Waals surface area (Å²) in [6.07, 6.45) is 1.89. The van der Waals surface area contributed by atoms with E-state index >= 15 is 0 Å². The Bertz CT molecular complexity index is 718. The Morgan fingerprint density at radius 3 is 2.48 bits per heavy atom. The van der Waals surface area contributed by atoms with Gasteiger partial charge in [0.25, 0.3) is 0 Å². The first-order valence-corrected chi connectivity index (χ1v) is 8.39. The molecule has 0 saturated heterocycles. The molecular formula is C15H19N3O4S. The van der Waals surface area contributed by atoms with Crippen molar-refractivity contribution in [2.75, 3.05) is 12.4 Å². The summed E-state index contributed by atoms with van der Waals surface area (Å²) in [4.78, 5) is 11.4. The third-order valence-electron chi connectivity index (χ3n) is 3.04. The standard InChI is InChI=1S/C15H19N3O4S/c1-4-11(2)18-23(20,21)14-7-5-13(6-8-14)17-10-12(9-16)15(19)22-3/h5-8,10-11,17-18H,4H2,1-3H3/b12-10+. The minimum absolute atomic E-state index is 0.140. The molecule has 1 atom stereocenters. The van der Waals surface area contributed by atoms with Gasteiger partial charge in [0.05, 0.1) is 12.0 Å². The highest BCUT2D eigenvalue weighted by atomic mass is 32.2. The highest BCUT2D eigenvalue weighted by Crippen LogP contribution is 2.15. The second-order valence-electron chi connectivity index (χ2n) is 4.76. The van der Waals surface area contributed by atoms with Gasteiger partial charge in [-0.2, -0.15) is 5.26 Å². The first-order valence-electron chi connectivity index (χ1n) is 6.91. The number of hydrogen-bond acceptors (Lipinski definition) is 6. The number of sulfonamides is 1. The lowest BCUT2D eigenvalue weighted by atomic mass is 10.3. The third kappa shape index (κ3) is 5.39. The van der Waals surface area contributed by atoms with Gasteiger partial charge < -0.3 is 10.1 Å². The molecule has 0 aromatic heterocycles. The van der Waals surface area contributed by atoms with Crippen LogP contribution in [0.4, 0.5) is 5.69 Å². The van der Waals surface area contributed by atoms with Gasteiger partial charge in [-0.05, 0) is 37.6 Å². The second-order valence-corrected chi connectivity index (χ2v) is 6.47. The van der Waals surface area contributed by atoms with E-state index in [2.05, 4.69) is 14.8 Å².